The van der Waals surface area contributed by atoms with Gasteiger partial charge in [-0.05, 0) is 52.0 Å². The van der Waals surface area contributed by atoms with Crippen molar-refractivity contribution in [3.8, 4) is 0 Å². The molecule has 3 heterocycles. The van der Waals surface area contributed by atoms with Gasteiger partial charge in [0.25, 0.3) is 11.8 Å². The number of carbonyl (C=O) groups excluding carboxylic acids is 2. The smallest absolute Gasteiger partial charge is 0.268 e. The highest BCUT2D eigenvalue weighted by Gasteiger charge is 2.31. The van der Waals surface area contributed by atoms with E-state index in [1.807, 2.05) is 13.8 Å². The van der Waals surface area contributed by atoms with Crippen molar-refractivity contribution in [3.63, 3.8) is 0 Å². The molecule has 2 amide bonds. The van der Waals surface area contributed by atoms with E-state index in [2.05, 4.69) is 20.1 Å². The van der Waals surface area contributed by atoms with E-state index < -0.39 is 11.8 Å². The van der Waals surface area contributed by atoms with Gasteiger partial charge < -0.3 is 0 Å². The highest BCUT2D eigenvalue weighted by Crippen LogP contribution is 2.20. The van der Waals surface area contributed by atoms with Gasteiger partial charge in [-0.15, -0.1) is 0 Å². The van der Waals surface area contributed by atoms with Crippen LogP contribution in [0.1, 0.15) is 43.5 Å². The Bertz CT molecular complexity index is 977. The third kappa shape index (κ3) is 3.46. The summed E-state index contributed by atoms with van der Waals surface area (Å²) < 4.78 is 1.38. The number of amides is 2. The molecule has 0 radical (unpaired) electrons. The van der Waals surface area contributed by atoms with Crippen molar-refractivity contribution in [2.45, 2.75) is 27.7 Å². The van der Waals surface area contributed by atoms with Gasteiger partial charge in [0, 0.05) is 18.4 Å². The van der Waals surface area contributed by atoms with E-state index in [1.165, 1.54) is 11.0 Å². The zero-order valence-electron chi connectivity index (χ0n) is 15.9. The van der Waals surface area contributed by atoms with Crippen LogP contribution in [0.3, 0.4) is 0 Å². The number of nitrogens with zero attached hydrogens (tertiary/aromatic N) is 6. The lowest BCUT2D eigenvalue weighted by molar-refractivity contribution is 0.0893. The standard InChI is InChI=1S/C19H20N6O2/c1-11-6-8-15(13(3)22-11)17(26)25(19-20-10-21-24(19)5)18(27)16-9-7-12(2)23-14(16)4/h6-10H,1-5H3. The van der Waals surface area contributed by atoms with Crippen LogP contribution in [0.25, 0.3) is 0 Å². The quantitative estimate of drug-likeness (QED) is 0.662. The fourth-order valence-electron chi connectivity index (χ4n) is 2.83. The van der Waals surface area contributed by atoms with Crippen molar-refractivity contribution >= 4 is 17.8 Å². The van der Waals surface area contributed by atoms with Crippen molar-refractivity contribution in [2.24, 2.45) is 7.05 Å². The lowest BCUT2D eigenvalue weighted by atomic mass is 10.1. The summed E-state index contributed by atoms with van der Waals surface area (Å²) in [6, 6.07) is 6.80. The van der Waals surface area contributed by atoms with Gasteiger partial charge in [-0.25, -0.2) is 9.58 Å². The van der Waals surface area contributed by atoms with Gasteiger partial charge in [-0.1, -0.05) is 0 Å². The number of aryl methyl sites for hydroxylation is 5. The fraction of sp³-hybridized carbons (Fsp3) is 0.263. The zero-order valence-corrected chi connectivity index (χ0v) is 15.9. The highest BCUT2D eigenvalue weighted by atomic mass is 16.2. The summed E-state index contributed by atoms with van der Waals surface area (Å²) in [5.74, 6) is -0.896. The second-order valence-corrected chi connectivity index (χ2v) is 6.30. The monoisotopic (exact) mass is 364 g/mol. The second-order valence-electron chi connectivity index (χ2n) is 6.30. The summed E-state index contributed by atoms with van der Waals surface area (Å²) >= 11 is 0. The van der Waals surface area contributed by atoms with E-state index in [1.54, 1.807) is 45.2 Å². The first-order valence-corrected chi connectivity index (χ1v) is 8.41. The first-order valence-electron chi connectivity index (χ1n) is 8.41. The van der Waals surface area contributed by atoms with E-state index in [-0.39, 0.29) is 5.95 Å². The van der Waals surface area contributed by atoms with Crippen LogP contribution in [-0.4, -0.2) is 36.5 Å². The first-order chi connectivity index (χ1) is 12.8. The zero-order chi connectivity index (χ0) is 19.7. The maximum atomic E-state index is 13.3. The maximum absolute atomic E-state index is 13.3. The lowest BCUT2D eigenvalue weighted by Gasteiger charge is -2.21. The number of rotatable bonds is 3. The molecule has 0 atom stereocenters. The van der Waals surface area contributed by atoms with Gasteiger partial charge in [0.2, 0.25) is 5.95 Å². The van der Waals surface area contributed by atoms with Gasteiger partial charge in [-0.2, -0.15) is 10.1 Å². The van der Waals surface area contributed by atoms with Crippen molar-refractivity contribution in [3.05, 3.63) is 64.5 Å². The van der Waals surface area contributed by atoms with Crippen molar-refractivity contribution in [1.29, 1.82) is 0 Å². The Morgan fingerprint density at radius 3 is 1.70 bits per heavy atom. The van der Waals surface area contributed by atoms with Crippen LogP contribution >= 0.6 is 0 Å². The van der Waals surface area contributed by atoms with Crippen LogP contribution in [0, 0.1) is 27.7 Å². The Hall–Kier alpha value is -3.42. The second kappa shape index (κ2) is 7.06. The third-order valence-corrected chi connectivity index (χ3v) is 4.20. The van der Waals surface area contributed by atoms with Gasteiger partial charge >= 0.3 is 0 Å². The topological polar surface area (TPSA) is 93.9 Å². The molecular weight excluding hydrogens is 344 g/mol. The molecule has 0 saturated heterocycles. The number of carbonyl (C=O) groups is 2. The SMILES string of the molecule is Cc1ccc(C(=O)N(C(=O)c2ccc(C)nc2C)c2ncnn2C)c(C)n1. The number of hydrogen-bond acceptors (Lipinski definition) is 6. The lowest BCUT2D eigenvalue weighted by Crippen LogP contribution is -2.40. The molecule has 0 bridgehead atoms. The van der Waals surface area contributed by atoms with E-state index in [9.17, 15) is 9.59 Å². The molecule has 0 aliphatic carbocycles. The summed E-state index contributed by atoms with van der Waals surface area (Å²) in [5, 5.41) is 3.99. The molecule has 0 unspecified atom stereocenters. The number of anilines is 1. The fourth-order valence-corrected chi connectivity index (χ4v) is 2.83. The van der Waals surface area contributed by atoms with E-state index in [0.29, 0.717) is 22.5 Å². The van der Waals surface area contributed by atoms with Crippen LogP contribution in [-0.2, 0) is 7.05 Å². The molecular formula is C19H20N6O2. The Labute approximate surface area is 156 Å². The number of pyridine rings is 2. The summed E-state index contributed by atoms with van der Waals surface area (Å²) in [5.41, 5.74) is 3.32. The number of hydrogen-bond donors (Lipinski definition) is 0. The molecule has 0 N–H and O–H groups in total. The average Bonchev–Trinajstić information content (AvgIpc) is 3.00. The summed E-state index contributed by atoms with van der Waals surface area (Å²) in [6.45, 7) is 7.15. The average molecular weight is 364 g/mol. The van der Waals surface area contributed by atoms with Gasteiger partial charge in [0.05, 0.1) is 22.5 Å². The molecule has 3 rings (SSSR count). The molecule has 3 aromatic heterocycles. The molecule has 0 aliphatic rings. The van der Waals surface area contributed by atoms with Crippen molar-refractivity contribution in [2.75, 3.05) is 4.90 Å². The van der Waals surface area contributed by atoms with Crippen LogP contribution in [0.5, 0.6) is 0 Å². The van der Waals surface area contributed by atoms with E-state index >= 15 is 0 Å². The predicted molar refractivity (Wildman–Crippen MR) is 99.6 cm³/mol. The van der Waals surface area contributed by atoms with Crippen molar-refractivity contribution < 1.29 is 9.59 Å². The van der Waals surface area contributed by atoms with Gasteiger partial charge in [0.1, 0.15) is 6.33 Å². The number of imide groups is 1. The summed E-state index contributed by atoms with van der Waals surface area (Å²) in [6.07, 6.45) is 1.30. The first kappa shape index (κ1) is 18.4. The minimum atomic E-state index is -0.513. The van der Waals surface area contributed by atoms with Gasteiger partial charge in [-0.3, -0.25) is 19.6 Å². The normalized spacial score (nSPS) is 10.7. The van der Waals surface area contributed by atoms with Crippen LogP contribution in [0.4, 0.5) is 5.95 Å². The Morgan fingerprint density at radius 1 is 0.852 bits per heavy atom. The molecule has 0 aliphatic heterocycles. The Balaban J connectivity index is 2.13. The van der Waals surface area contributed by atoms with E-state index in [0.717, 1.165) is 16.3 Å². The van der Waals surface area contributed by atoms with Crippen LogP contribution < -0.4 is 4.90 Å². The molecule has 0 aromatic carbocycles. The molecule has 8 nitrogen and oxygen atoms in total. The van der Waals surface area contributed by atoms with Crippen LogP contribution in [0.2, 0.25) is 0 Å². The van der Waals surface area contributed by atoms with E-state index in [4.69, 9.17) is 0 Å². The van der Waals surface area contributed by atoms with Crippen LogP contribution in [0.15, 0.2) is 30.6 Å². The van der Waals surface area contributed by atoms with Crippen molar-refractivity contribution in [1.82, 2.24) is 24.7 Å². The Kier molecular flexibility index (Phi) is 4.81. The highest BCUT2D eigenvalue weighted by molar-refractivity contribution is 6.25. The molecule has 3 aromatic rings. The summed E-state index contributed by atoms with van der Waals surface area (Å²) in [4.78, 5) is 40.3. The molecule has 27 heavy (non-hydrogen) atoms. The molecule has 0 saturated carbocycles. The molecule has 0 fully saturated rings. The molecule has 138 valence electrons. The summed E-state index contributed by atoms with van der Waals surface area (Å²) in [7, 11) is 1.62. The van der Waals surface area contributed by atoms with Gasteiger partial charge in [0.15, 0.2) is 0 Å². The minimum Gasteiger partial charge on any atom is -0.268 e. The molecule has 8 heteroatoms. The Morgan fingerprint density at radius 2 is 1.33 bits per heavy atom. The minimum absolute atomic E-state index is 0.130. The third-order valence-electron chi connectivity index (χ3n) is 4.20. The predicted octanol–water partition coefficient (Wildman–Crippen LogP) is 2.33. The molecule has 0 spiro atoms. The maximum Gasteiger partial charge on any atom is 0.269 e. The number of aromatic nitrogens is 5. The largest absolute Gasteiger partial charge is 0.269 e.